The van der Waals surface area contributed by atoms with Gasteiger partial charge in [0.2, 0.25) is 0 Å². The molecule has 4 rings (SSSR count). The number of hydrogen-bond acceptors (Lipinski definition) is 6. The fourth-order valence-corrected chi connectivity index (χ4v) is 3.88. The van der Waals surface area contributed by atoms with Crippen molar-refractivity contribution >= 4 is 39.3 Å². The number of pyridine rings is 1. The van der Waals surface area contributed by atoms with Crippen LogP contribution in [0.5, 0.6) is 11.8 Å². The topological polar surface area (TPSA) is 77.0 Å². The quantitative estimate of drug-likeness (QED) is 0.348. The number of anilines is 1. The van der Waals surface area contributed by atoms with Crippen molar-refractivity contribution in [3.05, 3.63) is 94.9 Å². The molecule has 0 aliphatic heterocycles. The molecule has 0 atom stereocenters. The highest BCUT2D eigenvalue weighted by molar-refractivity contribution is 9.10. The van der Waals surface area contributed by atoms with Gasteiger partial charge in [-0.15, -0.1) is 0 Å². The van der Waals surface area contributed by atoms with Gasteiger partial charge in [-0.1, -0.05) is 27.7 Å². The Balaban J connectivity index is 1.50. The van der Waals surface area contributed by atoms with Crippen LogP contribution in [0.2, 0.25) is 0 Å². The summed E-state index contributed by atoms with van der Waals surface area (Å²) >= 11 is 4.87. The van der Waals surface area contributed by atoms with Crippen LogP contribution in [0.4, 0.5) is 5.69 Å². The average molecular weight is 493 g/mol. The Morgan fingerprint density at radius 2 is 1.71 bits per heavy atom. The predicted octanol–water partition coefficient (Wildman–Crippen LogP) is 6.14. The highest BCUT2D eigenvalue weighted by atomic mass is 79.9. The Hall–Kier alpha value is -3.23. The van der Waals surface area contributed by atoms with Crippen molar-refractivity contribution in [2.75, 3.05) is 5.32 Å². The maximum atomic E-state index is 13.0. The standard InChI is InChI=1S/C23H17BrN4O2S/c1-15-14-17(30-23-26-12-3-13-27-23)7-10-20(15)28-21(29)19-4-2-11-25-22(19)31-18-8-5-16(24)6-9-18/h2-14H,1H3,(H,28,29). The van der Waals surface area contributed by atoms with Crippen molar-refractivity contribution in [1.29, 1.82) is 0 Å². The van der Waals surface area contributed by atoms with Gasteiger partial charge in [0.15, 0.2) is 0 Å². The molecule has 0 aliphatic carbocycles. The predicted molar refractivity (Wildman–Crippen MR) is 124 cm³/mol. The van der Waals surface area contributed by atoms with E-state index in [-0.39, 0.29) is 11.9 Å². The van der Waals surface area contributed by atoms with Gasteiger partial charge >= 0.3 is 6.01 Å². The summed E-state index contributed by atoms with van der Waals surface area (Å²) in [6.07, 6.45) is 4.91. The number of aromatic nitrogens is 3. The highest BCUT2D eigenvalue weighted by Gasteiger charge is 2.15. The van der Waals surface area contributed by atoms with E-state index in [9.17, 15) is 4.79 Å². The summed E-state index contributed by atoms with van der Waals surface area (Å²) in [5.74, 6) is 0.366. The average Bonchev–Trinajstić information content (AvgIpc) is 2.78. The lowest BCUT2D eigenvalue weighted by Crippen LogP contribution is -2.14. The first-order valence-corrected chi connectivity index (χ1v) is 10.9. The van der Waals surface area contributed by atoms with Crippen molar-refractivity contribution in [3.8, 4) is 11.8 Å². The van der Waals surface area contributed by atoms with Crippen LogP contribution in [-0.2, 0) is 0 Å². The summed E-state index contributed by atoms with van der Waals surface area (Å²) in [6.45, 7) is 1.90. The van der Waals surface area contributed by atoms with Crippen molar-refractivity contribution in [3.63, 3.8) is 0 Å². The molecule has 1 amide bonds. The van der Waals surface area contributed by atoms with E-state index < -0.39 is 0 Å². The summed E-state index contributed by atoms with van der Waals surface area (Å²) in [7, 11) is 0. The van der Waals surface area contributed by atoms with Gasteiger partial charge in [0.1, 0.15) is 10.8 Å². The molecule has 0 saturated heterocycles. The number of hydrogen-bond donors (Lipinski definition) is 1. The Kier molecular flexibility index (Phi) is 6.59. The molecule has 1 N–H and O–H groups in total. The minimum absolute atomic E-state index is 0.226. The number of nitrogens with zero attached hydrogens (tertiary/aromatic N) is 3. The van der Waals surface area contributed by atoms with E-state index in [0.29, 0.717) is 22.0 Å². The molecule has 0 radical (unpaired) electrons. The third-order valence-electron chi connectivity index (χ3n) is 4.24. The lowest BCUT2D eigenvalue weighted by atomic mass is 10.1. The third-order valence-corrected chi connectivity index (χ3v) is 5.80. The highest BCUT2D eigenvalue weighted by Crippen LogP contribution is 2.30. The van der Waals surface area contributed by atoms with Gasteiger partial charge in [-0.3, -0.25) is 4.79 Å². The lowest BCUT2D eigenvalue weighted by Gasteiger charge is -2.12. The van der Waals surface area contributed by atoms with Gasteiger partial charge in [0, 0.05) is 33.6 Å². The molecule has 2 aromatic carbocycles. The molecule has 154 valence electrons. The normalized spacial score (nSPS) is 10.5. The first-order valence-electron chi connectivity index (χ1n) is 9.34. The molecule has 0 spiro atoms. The number of nitrogens with one attached hydrogen (secondary N) is 1. The second-order valence-electron chi connectivity index (χ2n) is 6.48. The number of carbonyl (C=O) groups excluding carboxylic acids is 1. The molecule has 2 aromatic heterocycles. The Morgan fingerprint density at radius 3 is 2.45 bits per heavy atom. The van der Waals surface area contributed by atoms with Crippen molar-refractivity contribution in [2.24, 2.45) is 0 Å². The Labute approximate surface area is 192 Å². The van der Waals surface area contributed by atoms with Gasteiger partial charge in [0.25, 0.3) is 5.91 Å². The van der Waals surface area contributed by atoms with Gasteiger partial charge < -0.3 is 10.1 Å². The number of amides is 1. The molecule has 2 heterocycles. The fraction of sp³-hybridized carbons (Fsp3) is 0.0435. The maximum Gasteiger partial charge on any atom is 0.321 e. The second-order valence-corrected chi connectivity index (χ2v) is 8.45. The lowest BCUT2D eigenvalue weighted by molar-refractivity contribution is 0.102. The van der Waals surface area contributed by atoms with Gasteiger partial charge in [0.05, 0.1) is 5.56 Å². The monoisotopic (exact) mass is 492 g/mol. The van der Waals surface area contributed by atoms with E-state index >= 15 is 0 Å². The fourth-order valence-electron chi connectivity index (χ4n) is 2.73. The van der Waals surface area contributed by atoms with Gasteiger partial charge in [-0.2, -0.15) is 0 Å². The zero-order chi connectivity index (χ0) is 21.6. The molecule has 31 heavy (non-hydrogen) atoms. The van der Waals surface area contributed by atoms with E-state index in [1.54, 1.807) is 48.9 Å². The molecule has 0 unspecified atom stereocenters. The SMILES string of the molecule is Cc1cc(Oc2ncccn2)ccc1NC(=O)c1cccnc1Sc1ccc(Br)cc1. The molecule has 4 aromatic rings. The molecule has 6 nitrogen and oxygen atoms in total. The van der Waals surface area contributed by atoms with Crippen LogP contribution < -0.4 is 10.1 Å². The maximum absolute atomic E-state index is 13.0. The number of aryl methyl sites for hydroxylation is 1. The van der Waals surface area contributed by atoms with Crippen LogP contribution in [0.3, 0.4) is 0 Å². The van der Waals surface area contributed by atoms with Crippen LogP contribution in [-0.4, -0.2) is 20.9 Å². The van der Waals surface area contributed by atoms with E-state index in [4.69, 9.17) is 4.74 Å². The van der Waals surface area contributed by atoms with E-state index in [1.807, 2.05) is 37.3 Å². The minimum atomic E-state index is -0.226. The molecule has 0 saturated carbocycles. The largest absolute Gasteiger partial charge is 0.424 e. The van der Waals surface area contributed by atoms with Crippen molar-refractivity contribution in [2.45, 2.75) is 16.8 Å². The summed E-state index contributed by atoms with van der Waals surface area (Å²) in [5, 5.41) is 3.61. The van der Waals surface area contributed by atoms with E-state index in [1.165, 1.54) is 11.8 Å². The van der Waals surface area contributed by atoms with Crippen LogP contribution in [0.15, 0.2) is 93.6 Å². The number of ether oxygens (including phenoxy) is 1. The summed E-state index contributed by atoms with van der Waals surface area (Å²) < 4.78 is 6.64. The number of carbonyl (C=O) groups is 1. The van der Waals surface area contributed by atoms with E-state index in [2.05, 4.69) is 36.2 Å². The second kappa shape index (κ2) is 9.72. The molecule has 0 aliphatic rings. The number of benzene rings is 2. The van der Waals surface area contributed by atoms with Gasteiger partial charge in [-0.05, 0) is 73.2 Å². The minimum Gasteiger partial charge on any atom is -0.424 e. The van der Waals surface area contributed by atoms with Crippen LogP contribution in [0, 0.1) is 6.92 Å². The van der Waals surface area contributed by atoms with Crippen molar-refractivity contribution < 1.29 is 9.53 Å². The summed E-state index contributed by atoms with van der Waals surface area (Å²) in [5.41, 5.74) is 2.05. The zero-order valence-electron chi connectivity index (χ0n) is 16.4. The number of rotatable bonds is 6. The first-order chi connectivity index (χ1) is 15.1. The van der Waals surface area contributed by atoms with Crippen molar-refractivity contribution in [1.82, 2.24) is 15.0 Å². The molecular formula is C23H17BrN4O2S. The molecule has 0 fully saturated rings. The van der Waals surface area contributed by atoms with E-state index in [0.717, 1.165) is 14.9 Å². The van der Waals surface area contributed by atoms with Crippen LogP contribution >= 0.6 is 27.7 Å². The Morgan fingerprint density at radius 1 is 0.968 bits per heavy atom. The molecule has 8 heteroatoms. The molecule has 0 bridgehead atoms. The van der Waals surface area contributed by atoms with Crippen LogP contribution in [0.25, 0.3) is 0 Å². The zero-order valence-corrected chi connectivity index (χ0v) is 18.9. The first kappa shape index (κ1) is 21.0. The summed E-state index contributed by atoms with van der Waals surface area (Å²) in [4.78, 5) is 26.5. The smallest absolute Gasteiger partial charge is 0.321 e. The Bertz CT molecular complexity index is 1200. The van der Waals surface area contributed by atoms with Crippen LogP contribution in [0.1, 0.15) is 15.9 Å². The molecular weight excluding hydrogens is 476 g/mol. The summed E-state index contributed by atoms with van der Waals surface area (Å²) in [6, 6.07) is 18.8. The van der Waals surface area contributed by atoms with Gasteiger partial charge in [-0.25, -0.2) is 15.0 Å². The third kappa shape index (κ3) is 5.48. The number of halogens is 1.